The van der Waals surface area contributed by atoms with Gasteiger partial charge in [0.25, 0.3) is 5.91 Å². The van der Waals surface area contributed by atoms with Gasteiger partial charge in [-0.25, -0.2) is 4.39 Å². The molecule has 25 heavy (non-hydrogen) atoms. The van der Waals surface area contributed by atoms with Crippen molar-refractivity contribution in [1.82, 2.24) is 10.6 Å². The third-order valence-electron chi connectivity index (χ3n) is 3.65. The smallest absolute Gasteiger partial charge is 0.251 e. The van der Waals surface area contributed by atoms with E-state index in [2.05, 4.69) is 10.6 Å². The molecule has 0 radical (unpaired) electrons. The van der Waals surface area contributed by atoms with E-state index in [4.69, 9.17) is 9.47 Å². The molecule has 2 aromatic carbocycles. The van der Waals surface area contributed by atoms with Crippen molar-refractivity contribution in [1.29, 1.82) is 0 Å². The molecule has 1 aliphatic rings. The first kappa shape index (κ1) is 16.8. The van der Waals surface area contributed by atoms with Gasteiger partial charge >= 0.3 is 0 Å². The number of halogens is 1. The zero-order valence-electron chi connectivity index (χ0n) is 13.4. The van der Waals surface area contributed by atoms with Crippen LogP contribution in [0.3, 0.4) is 0 Å². The number of carbonyl (C=O) groups excluding carboxylic acids is 2. The van der Waals surface area contributed by atoms with Crippen molar-refractivity contribution in [2.45, 2.75) is 6.42 Å². The van der Waals surface area contributed by atoms with Gasteiger partial charge in [0.15, 0.2) is 11.5 Å². The average Bonchev–Trinajstić information content (AvgIpc) is 3.08. The summed E-state index contributed by atoms with van der Waals surface area (Å²) in [6.07, 6.45) is 0.163. The van der Waals surface area contributed by atoms with E-state index in [9.17, 15) is 14.0 Å². The molecule has 0 aromatic heterocycles. The number of amides is 2. The molecule has 2 amide bonds. The highest BCUT2D eigenvalue weighted by atomic mass is 19.1. The summed E-state index contributed by atoms with van der Waals surface area (Å²) in [7, 11) is 0. The summed E-state index contributed by atoms with van der Waals surface area (Å²) in [4.78, 5) is 23.8. The third-order valence-corrected chi connectivity index (χ3v) is 3.65. The van der Waals surface area contributed by atoms with Crippen molar-refractivity contribution >= 4 is 11.8 Å². The predicted octanol–water partition coefficient (Wildman–Crippen LogP) is 1.64. The molecule has 2 aromatic rings. The lowest BCUT2D eigenvalue weighted by molar-refractivity contribution is -0.120. The quantitative estimate of drug-likeness (QED) is 0.781. The highest BCUT2D eigenvalue weighted by Crippen LogP contribution is 2.32. The van der Waals surface area contributed by atoms with Crippen molar-refractivity contribution in [2.75, 3.05) is 19.9 Å². The van der Waals surface area contributed by atoms with E-state index < -0.39 is 0 Å². The summed E-state index contributed by atoms with van der Waals surface area (Å²) in [5.74, 6) is 0.371. The van der Waals surface area contributed by atoms with Crippen LogP contribution < -0.4 is 20.1 Å². The molecule has 0 aliphatic carbocycles. The number of fused-ring (bicyclic) bond motifs is 1. The molecule has 0 fully saturated rings. The second-order valence-corrected chi connectivity index (χ2v) is 5.48. The zero-order valence-corrected chi connectivity index (χ0v) is 13.4. The fourth-order valence-electron chi connectivity index (χ4n) is 2.37. The van der Waals surface area contributed by atoms with E-state index in [1.165, 1.54) is 12.1 Å². The van der Waals surface area contributed by atoms with Crippen molar-refractivity contribution in [3.63, 3.8) is 0 Å². The largest absolute Gasteiger partial charge is 0.454 e. The molecule has 1 aliphatic heterocycles. The van der Waals surface area contributed by atoms with Crippen LogP contribution in [-0.2, 0) is 11.2 Å². The van der Waals surface area contributed by atoms with E-state index in [0.29, 0.717) is 30.2 Å². The standard InChI is InChI=1S/C18H17FN2O4/c19-14-4-1-12(2-5-14)9-17(22)20-7-8-21-18(23)13-3-6-15-16(10-13)25-11-24-15/h1-6,10H,7-9,11H2,(H,20,22)(H,21,23). The minimum atomic E-state index is -0.338. The number of carbonyl (C=O) groups is 2. The van der Waals surface area contributed by atoms with E-state index in [1.54, 1.807) is 30.3 Å². The fourth-order valence-corrected chi connectivity index (χ4v) is 2.37. The van der Waals surface area contributed by atoms with Crippen LogP contribution in [0.25, 0.3) is 0 Å². The molecule has 0 unspecified atom stereocenters. The van der Waals surface area contributed by atoms with Gasteiger partial charge in [0.2, 0.25) is 12.7 Å². The lowest BCUT2D eigenvalue weighted by atomic mass is 10.1. The van der Waals surface area contributed by atoms with Gasteiger partial charge in [-0.05, 0) is 35.9 Å². The Kier molecular flexibility index (Phi) is 5.13. The first-order chi connectivity index (χ1) is 12.1. The van der Waals surface area contributed by atoms with Crippen LogP contribution in [0.5, 0.6) is 11.5 Å². The predicted molar refractivity (Wildman–Crippen MR) is 88.0 cm³/mol. The number of nitrogens with one attached hydrogen (secondary N) is 2. The summed E-state index contributed by atoms with van der Waals surface area (Å²) < 4.78 is 23.2. The Morgan fingerprint density at radius 3 is 2.48 bits per heavy atom. The monoisotopic (exact) mass is 344 g/mol. The lowest BCUT2D eigenvalue weighted by Crippen LogP contribution is -2.35. The van der Waals surface area contributed by atoms with Gasteiger partial charge in [-0.1, -0.05) is 12.1 Å². The third kappa shape index (κ3) is 4.47. The normalized spacial score (nSPS) is 11.9. The van der Waals surface area contributed by atoms with Crippen LogP contribution in [-0.4, -0.2) is 31.7 Å². The zero-order chi connectivity index (χ0) is 17.6. The summed E-state index contributed by atoms with van der Waals surface area (Å²) in [6.45, 7) is 0.749. The molecule has 3 rings (SSSR count). The Morgan fingerprint density at radius 1 is 0.960 bits per heavy atom. The average molecular weight is 344 g/mol. The van der Waals surface area contributed by atoms with Gasteiger partial charge in [0.05, 0.1) is 6.42 Å². The maximum atomic E-state index is 12.8. The minimum absolute atomic E-state index is 0.153. The summed E-state index contributed by atoms with van der Waals surface area (Å²) in [5.41, 5.74) is 1.19. The number of benzene rings is 2. The summed E-state index contributed by atoms with van der Waals surface area (Å²) >= 11 is 0. The maximum absolute atomic E-state index is 12.8. The number of hydrogen-bond acceptors (Lipinski definition) is 4. The molecule has 0 bridgehead atoms. The minimum Gasteiger partial charge on any atom is -0.454 e. The molecular weight excluding hydrogens is 327 g/mol. The molecule has 2 N–H and O–H groups in total. The maximum Gasteiger partial charge on any atom is 0.251 e. The van der Waals surface area contributed by atoms with Crippen molar-refractivity contribution in [2.24, 2.45) is 0 Å². The fraction of sp³-hybridized carbons (Fsp3) is 0.222. The van der Waals surface area contributed by atoms with Crippen LogP contribution >= 0.6 is 0 Å². The summed E-state index contributed by atoms with van der Waals surface area (Å²) in [5, 5.41) is 5.42. The Morgan fingerprint density at radius 2 is 1.68 bits per heavy atom. The van der Waals surface area contributed by atoms with Crippen LogP contribution in [0.1, 0.15) is 15.9 Å². The Balaban J connectivity index is 1.40. The summed E-state index contributed by atoms with van der Waals surface area (Å²) in [6, 6.07) is 10.7. The van der Waals surface area contributed by atoms with Crippen LogP contribution in [0.15, 0.2) is 42.5 Å². The van der Waals surface area contributed by atoms with Gasteiger partial charge in [0.1, 0.15) is 5.82 Å². The van der Waals surface area contributed by atoms with E-state index in [0.717, 1.165) is 5.56 Å². The van der Waals surface area contributed by atoms with E-state index in [-0.39, 0.29) is 30.8 Å². The second kappa shape index (κ2) is 7.65. The molecule has 0 saturated heterocycles. The second-order valence-electron chi connectivity index (χ2n) is 5.48. The molecular formula is C18H17FN2O4. The molecule has 0 spiro atoms. The molecule has 7 heteroatoms. The van der Waals surface area contributed by atoms with Gasteiger partial charge < -0.3 is 20.1 Å². The van der Waals surface area contributed by atoms with Gasteiger partial charge in [0, 0.05) is 18.7 Å². The van der Waals surface area contributed by atoms with Crippen molar-refractivity contribution in [3.8, 4) is 11.5 Å². The van der Waals surface area contributed by atoms with E-state index in [1.807, 2.05) is 0 Å². The van der Waals surface area contributed by atoms with Gasteiger partial charge in [-0.3, -0.25) is 9.59 Å². The van der Waals surface area contributed by atoms with Crippen molar-refractivity contribution in [3.05, 3.63) is 59.4 Å². The van der Waals surface area contributed by atoms with Crippen LogP contribution in [0.4, 0.5) is 4.39 Å². The highest BCUT2D eigenvalue weighted by molar-refractivity contribution is 5.95. The first-order valence-corrected chi connectivity index (χ1v) is 7.81. The Hall–Kier alpha value is -3.09. The number of hydrogen-bond donors (Lipinski definition) is 2. The van der Waals surface area contributed by atoms with Crippen LogP contribution in [0, 0.1) is 5.82 Å². The number of rotatable bonds is 6. The topological polar surface area (TPSA) is 76.7 Å². The molecule has 130 valence electrons. The molecule has 0 saturated carbocycles. The van der Waals surface area contributed by atoms with Gasteiger partial charge in [-0.2, -0.15) is 0 Å². The number of ether oxygens (including phenoxy) is 2. The van der Waals surface area contributed by atoms with E-state index >= 15 is 0 Å². The Bertz CT molecular complexity index is 777. The van der Waals surface area contributed by atoms with Gasteiger partial charge in [-0.15, -0.1) is 0 Å². The SMILES string of the molecule is O=C(Cc1ccc(F)cc1)NCCNC(=O)c1ccc2c(c1)OCO2. The molecule has 1 heterocycles. The highest BCUT2D eigenvalue weighted by Gasteiger charge is 2.15. The van der Waals surface area contributed by atoms with Crippen LogP contribution in [0.2, 0.25) is 0 Å². The molecule has 0 atom stereocenters. The van der Waals surface area contributed by atoms with Crippen molar-refractivity contribution < 1.29 is 23.5 Å². The Labute approximate surface area is 143 Å². The molecule has 6 nitrogen and oxygen atoms in total. The lowest BCUT2D eigenvalue weighted by Gasteiger charge is -2.08. The first-order valence-electron chi connectivity index (χ1n) is 7.81.